The summed E-state index contributed by atoms with van der Waals surface area (Å²) in [6.07, 6.45) is 6.18. The molecule has 1 heterocycles. The van der Waals surface area contributed by atoms with Gasteiger partial charge in [-0.15, -0.1) is 11.3 Å². The number of carboxylic acids is 1. The molecule has 0 radical (unpaired) electrons. The minimum absolute atomic E-state index is 0.361. The van der Waals surface area contributed by atoms with E-state index in [4.69, 9.17) is 5.11 Å². The Bertz CT molecular complexity index is 387. The van der Waals surface area contributed by atoms with Crippen molar-refractivity contribution in [1.29, 1.82) is 0 Å². The SMILES string of the molecule is CC1(C)CCC(c2ncc(C(=O)O)s2)CC1. The smallest absolute Gasteiger partial charge is 0.347 e. The molecular formula is C12H17NO2S. The maximum Gasteiger partial charge on any atom is 0.347 e. The zero-order valence-corrected chi connectivity index (χ0v) is 10.5. The maximum atomic E-state index is 10.8. The van der Waals surface area contributed by atoms with E-state index in [9.17, 15) is 4.79 Å². The summed E-state index contributed by atoms with van der Waals surface area (Å²) < 4.78 is 0. The van der Waals surface area contributed by atoms with Gasteiger partial charge in [0, 0.05) is 5.92 Å². The van der Waals surface area contributed by atoms with Crippen LogP contribution in [0, 0.1) is 5.41 Å². The van der Waals surface area contributed by atoms with Gasteiger partial charge in [0.05, 0.1) is 11.2 Å². The molecule has 0 unspecified atom stereocenters. The van der Waals surface area contributed by atoms with Crippen LogP contribution < -0.4 is 0 Å². The highest BCUT2D eigenvalue weighted by Gasteiger charge is 2.29. The van der Waals surface area contributed by atoms with Gasteiger partial charge in [-0.25, -0.2) is 9.78 Å². The average Bonchev–Trinajstić information content (AvgIpc) is 2.66. The van der Waals surface area contributed by atoms with Crippen molar-refractivity contribution in [3.8, 4) is 0 Å². The molecule has 1 aromatic heterocycles. The number of aromatic carboxylic acids is 1. The zero-order chi connectivity index (χ0) is 11.8. The topological polar surface area (TPSA) is 50.2 Å². The number of thiazole rings is 1. The predicted octanol–water partition coefficient (Wildman–Crippen LogP) is 3.53. The molecular weight excluding hydrogens is 222 g/mol. The fraction of sp³-hybridized carbons (Fsp3) is 0.667. The summed E-state index contributed by atoms with van der Waals surface area (Å²) in [6, 6.07) is 0. The molecule has 1 N–H and O–H groups in total. The molecule has 0 spiro atoms. The monoisotopic (exact) mass is 239 g/mol. The summed E-state index contributed by atoms with van der Waals surface area (Å²) in [6.45, 7) is 4.60. The Labute approximate surface area is 99.5 Å². The second-order valence-corrected chi connectivity index (χ2v) is 6.37. The number of aromatic nitrogens is 1. The normalized spacial score (nSPS) is 20.9. The summed E-state index contributed by atoms with van der Waals surface area (Å²) in [7, 11) is 0. The lowest BCUT2D eigenvalue weighted by atomic mass is 9.73. The molecule has 1 aliphatic rings. The van der Waals surface area contributed by atoms with Crippen LogP contribution >= 0.6 is 11.3 Å². The molecule has 1 fully saturated rings. The van der Waals surface area contributed by atoms with Crippen molar-refractivity contribution in [2.24, 2.45) is 5.41 Å². The molecule has 16 heavy (non-hydrogen) atoms. The second-order valence-electron chi connectivity index (χ2n) is 5.31. The molecule has 0 aliphatic heterocycles. The van der Waals surface area contributed by atoms with Gasteiger partial charge in [-0.3, -0.25) is 0 Å². The van der Waals surface area contributed by atoms with Crippen LogP contribution in [0.3, 0.4) is 0 Å². The first-order chi connectivity index (χ1) is 7.48. The fourth-order valence-electron chi connectivity index (χ4n) is 2.22. The molecule has 0 bridgehead atoms. The van der Waals surface area contributed by atoms with Gasteiger partial charge in [0.2, 0.25) is 0 Å². The molecule has 1 aromatic rings. The van der Waals surface area contributed by atoms with Crippen molar-refractivity contribution in [1.82, 2.24) is 4.98 Å². The van der Waals surface area contributed by atoms with Crippen LogP contribution in [0.15, 0.2) is 6.20 Å². The van der Waals surface area contributed by atoms with E-state index in [1.54, 1.807) is 0 Å². The van der Waals surface area contributed by atoms with Gasteiger partial charge in [0.25, 0.3) is 0 Å². The highest BCUT2D eigenvalue weighted by Crippen LogP contribution is 2.43. The van der Waals surface area contributed by atoms with Gasteiger partial charge in [-0.1, -0.05) is 13.8 Å². The van der Waals surface area contributed by atoms with Crippen molar-refractivity contribution in [3.63, 3.8) is 0 Å². The third-order valence-corrected chi connectivity index (χ3v) is 4.57. The average molecular weight is 239 g/mol. The number of hydrogen-bond donors (Lipinski definition) is 1. The summed E-state index contributed by atoms with van der Waals surface area (Å²) in [5.74, 6) is -0.383. The quantitative estimate of drug-likeness (QED) is 0.859. The Morgan fingerprint density at radius 1 is 1.50 bits per heavy atom. The lowest BCUT2D eigenvalue weighted by molar-refractivity contribution is 0.0702. The lowest BCUT2D eigenvalue weighted by Crippen LogP contribution is -2.20. The molecule has 0 saturated heterocycles. The second kappa shape index (κ2) is 4.17. The maximum absolute atomic E-state index is 10.8. The summed E-state index contributed by atoms with van der Waals surface area (Å²) in [5, 5.41) is 9.86. The van der Waals surface area contributed by atoms with Gasteiger partial charge < -0.3 is 5.11 Å². The van der Waals surface area contributed by atoms with E-state index in [0.717, 1.165) is 17.8 Å². The highest BCUT2D eigenvalue weighted by molar-refractivity contribution is 7.13. The van der Waals surface area contributed by atoms with Crippen molar-refractivity contribution >= 4 is 17.3 Å². The van der Waals surface area contributed by atoms with Crippen LogP contribution in [0.5, 0.6) is 0 Å². The first-order valence-electron chi connectivity index (χ1n) is 5.67. The number of nitrogens with zero attached hydrogens (tertiary/aromatic N) is 1. The van der Waals surface area contributed by atoms with Gasteiger partial charge in [0.15, 0.2) is 0 Å². The summed E-state index contributed by atoms with van der Waals surface area (Å²) in [4.78, 5) is 15.4. The van der Waals surface area contributed by atoms with Gasteiger partial charge >= 0.3 is 5.97 Å². The van der Waals surface area contributed by atoms with E-state index < -0.39 is 5.97 Å². The Hall–Kier alpha value is -0.900. The largest absolute Gasteiger partial charge is 0.477 e. The van der Waals surface area contributed by atoms with Crippen molar-refractivity contribution < 1.29 is 9.90 Å². The molecule has 0 aromatic carbocycles. The molecule has 2 rings (SSSR count). The molecule has 0 amide bonds. The molecule has 88 valence electrons. The number of rotatable bonds is 2. The minimum Gasteiger partial charge on any atom is -0.477 e. The first kappa shape index (κ1) is 11.6. The molecule has 0 atom stereocenters. The van der Waals surface area contributed by atoms with E-state index in [1.165, 1.54) is 30.4 Å². The Morgan fingerprint density at radius 2 is 2.12 bits per heavy atom. The Morgan fingerprint density at radius 3 is 2.62 bits per heavy atom. The van der Waals surface area contributed by atoms with Crippen LogP contribution in [0.1, 0.15) is 60.1 Å². The van der Waals surface area contributed by atoms with Crippen LogP contribution in [0.25, 0.3) is 0 Å². The van der Waals surface area contributed by atoms with Crippen LogP contribution in [0.2, 0.25) is 0 Å². The van der Waals surface area contributed by atoms with Crippen LogP contribution in [0.4, 0.5) is 0 Å². The molecule has 1 aliphatic carbocycles. The van der Waals surface area contributed by atoms with E-state index in [-0.39, 0.29) is 0 Å². The Kier molecular flexibility index (Phi) is 3.02. The molecule has 1 saturated carbocycles. The van der Waals surface area contributed by atoms with E-state index in [2.05, 4.69) is 18.8 Å². The minimum atomic E-state index is -0.861. The van der Waals surface area contributed by atoms with Crippen molar-refractivity contribution in [2.45, 2.75) is 45.4 Å². The van der Waals surface area contributed by atoms with Crippen LogP contribution in [-0.2, 0) is 0 Å². The van der Waals surface area contributed by atoms with E-state index >= 15 is 0 Å². The third-order valence-electron chi connectivity index (χ3n) is 3.42. The number of carboxylic acid groups (broad SMARTS) is 1. The van der Waals surface area contributed by atoms with Gasteiger partial charge in [-0.2, -0.15) is 0 Å². The van der Waals surface area contributed by atoms with Crippen molar-refractivity contribution in [2.75, 3.05) is 0 Å². The summed E-state index contributed by atoms with van der Waals surface area (Å²) in [5.41, 5.74) is 0.448. The van der Waals surface area contributed by atoms with Gasteiger partial charge in [0.1, 0.15) is 4.88 Å². The molecule has 3 nitrogen and oxygen atoms in total. The van der Waals surface area contributed by atoms with Crippen LogP contribution in [-0.4, -0.2) is 16.1 Å². The van der Waals surface area contributed by atoms with Crippen molar-refractivity contribution in [3.05, 3.63) is 16.1 Å². The standard InChI is InChI=1S/C12H17NO2S/c1-12(2)5-3-8(4-6-12)10-13-7-9(16-10)11(14)15/h7-8H,3-6H2,1-2H3,(H,14,15). The lowest BCUT2D eigenvalue weighted by Gasteiger charge is -2.33. The summed E-state index contributed by atoms with van der Waals surface area (Å²) >= 11 is 1.34. The third kappa shape index (κ3) is 2.43. The molecule has 4 heteroatoms. The number of hydrogen-bond acceptors (Lipinski definition) is 3. The van der Waals surface area contributed by atoms with E-state index in [0.29, 0.717) is 16.2 Å². The zero-order valence-electron chi connectivity index (χ0n) is 9.69. The number of carbonyl (C=O) groups is 1. The van der Waals surface area contributed by atoms with E-state index in [1.807, 2.05) is 0 Å². The first-order valence-corrected chi connectivity index (χ1v) is 6.49. The predicted molar refractivity (Wildman–Crippen MR) is 64.1 cm³/mol. The van der Waals surface area contributed by atoms with Gasteiger partial charge in [-0.05, 0) is 31.1 Å². The Balaban J connectivity index is 2.05. The fourth-order valence-corrected chi connectivity index (χ4v) is 3.15. The highest BCUT2D eigenvalue weighted by atomic mass is 32.1.